The summed E-state index contributed by atoms with van der Waals surface area (Å²) in [6.45, 7) is 0. The summed E-state index contributed by atoms with van der Waals surface area (Å²) in [7, 11) is 0. The summed E-state index contributed by atoms with van der Waals surface area (Å²) in [5.41, 5.74) is 1.80. The minimum absolute atomic E-state index is 0.0578. The van der Waals surface area contributed by atoms with E-state index in [4.69, 9.17) is 0 Å². The molecule has 1 fully saturated rings. The first-order valence-corrected chi connectivity index (χ1v) is 9.39. The fraction of sp³-hybridized carbons (Fsp3) is 0.0455. The smallest absolute Gasteiger partial charge is 0.300 e. The van der Waals surface area contributed by atoms with Crippen LogP contribution >= 0.6 is 15.9 Å². The normalized spacial score (nSPS) is 18.5. The van der Waals surface area contributed by atoms with Crippen LogP contribution in [-0.2, 0) is 9.59 Å². The summed E-state index contributed by atoms with van der Waals surface area (Å²) in [5, 5.41) is 10.9. The minimum Gasteiger partial charge on any atom is -0.507 e. The molecule has 6 heteroatoms. The van der Waals surface area contributed by atoms with Crippen LogP contribution in [0.2, 0.25) is 0 Å². The number of carbonyl (C=O) groups is 2. The lowest BCUT2D eigenvalue weighted by molar-refractivity contribution is -0.132. The fourth-order valence-electron chi connectivity index (χ4n) is 3.31. The Morgan fingerprint density at radius 1 is 0.929 bits per heavy atom. The molecule has 5 nitrogen and oxygen atoms in total. The van der Waals surface area contributed by atoms with Gasteiger partial charge in [-0.2, -0.15) is 0 Å². The highest BCUT2D eigenvalue weighted by Crippen LogP contribution is 2.41. The lowest BCUT2D eigenvalue weighted by Gasteiger charge is -2.25. The Morgan fingerprint density at radius 3 is 2.21 bits per heavy atom. The SMILES string of the molecule is O=C1C(=O)N(c2ccccc2)C(c2ccncc2)/C1=C(/O)c1ccc(Br)cc1. The third-order valence-corrected chi connectivity index (χ3v) is 5.15. The second kappa shape index (κ2) is 7.40. The van der Waals surface area contributed by atoms with Crippen molar-refractivity contribution in [2.24, 2.45) is 0 Å². The van der Waals surface area contributed by atoms with Gasteiger partial charge in [-0.3, -0.25) is 19.5 Å². The van der Waals surface area contributed by atoms with Gasteiger partial charge < -0.3 is 5.11 Å². The summed E-state index contributed by atoms with van der Waals surface area (Å²) in [6.07, 6.45) is 3.19. The molecule has 0 saturated carbocycles. The Bertz CT molecular complexity index is 1060. The molecule has 138 valence electrons. The van der Waals surface area contributed by atoms with E-state index in [1.165, 1.54) is 4.90 Å². The number of pyridine rings is 1. The van der Waals surface area contributed by atoms with Crippen molar-refractivity contribution in [2.45, 2.75) is 6.04 Å². The van der Waals surface area contributed by atoms with Crippen LogP contribution in [0.15, 0.2) is 89.2 Å². The first kappa shape index (κ1) is 18.1. The van der Waals surface area contributed by atoms with Crippen molar-refractivity contribution in [2.75, 3.05) is 4.90 Å². The number of hydrogen-bond donors (Lipinski definition) is 1. The molecule has 1 unspecified atom stereocenters. The number of amides is 1. The molecular weight excluding hydrogens is 420 g/mol. The van der Waals surface area contributed by atoms with E-state index in [1.807, 2.05) is 6.07 Å². The maximum atomic E-state index is 12.9. The topological polar surface area (TPSA) is 70.5 Å². The molecule has 28 heavy (non-hydrogen) atoms. The van der Waals surface area contributed by atoms with Crippen LogP contribution < -0.4 is 4.90 Å². The van der Waals surface area contributed by atoms with E-state index < -0.39 is 17.7 Å². The van der Waals surface area contributed by atoms with Crippen molar-refractivity contribution < 1.29 is 14.7 Å². The van der Waals surface area contributed by atoms with Gasteiger partial charge in [-0.15, -0.1) is 0 Å². The van der Waals surface area contributed by atoms with E-state index in [0.717, 1.165) is 4.47 Å². The van der Waals surface area contributed by atoms with Crippen LogP contribution in [0.4, 0.5) is 5.69 Å². The molecule has 4 rings (SSSR count). The summed E-state index contributed by atoms with van der Waals surface area (Å²) < 4.78 is 0.847. The molecule has 0 bridgehead atoms. The van der Waals surface area contributed by atoms with Crippen LogP contribution in [-0.4, -0.2) is 21.8 Å². The Hall–Kier alpha value is -3.25. The zero-order valence-electron chi connectivity index (χ0n) is 14.6. The maximum Gasteiger partial charge on any atom is 0.300 e. The first-order chi connectivity index (χ1) is 13.6. The number of anilines is 1. The van der Waals surface area contributed by atoms with Gasteiger partial charge in [-0.05, 0) is 42.0 Å². The van der Waals surface area contributed by atoms with Gasteiger partial charge in [-0.25, -0.2) is 0 Å². The second-order valence-electron chi connectivity index (χ2n) is 6.29. The number of aliphatic hydroxyl groups excluding tert-OH is 1. The number of hydrogen-bond acceptors (Lipinski definition) is 4. The molecule has 0 radical (unpaired) electrons. The van der Waals surface area contributed by atoms with Gasteiger partial charge in [0, 0.05) is 28.1 Å². The highest BCUT2D eigenvalue weighted by atomic mass is 79.9. The van der Waals surface area contributed by atoms with Crippen molar-refractivity contribution in [3.05, 3.63) is 100 Å². The summed E-state index contributed by atoms with van der Waals surface area (Å²) >= 11 is 3.35. The third kappa shape index (κ3) is 3.12. The van der Waals surface area contributed by atoms with Crippen molar-refractivity contribution in [1.82, 2.24) is 4.98 Å². The Labute approximate surface area is 170 Å². The molecule has 1 aliphatic rings. The van der Waals surface area contributed by atoms with E-state index in [2.05, 4.69) is 20.9 Å². The van der Waals surface area contributed by atoms with Gasteiger partial charge in [0.2, 0.25) is 0 Å². The van der Waals surface area contributed by atoms with Crippen LogP contribution in [0, 0.1) is 0 Å². The molecule has 1 N–H and O–H groups in total. The monoisotopic (exact) mass is 434 g/mol. The number of aliphatic hydroxyl groups is 1. The predicted octanol–water partition coefficient (Wildman–Crippen LogP) is 4.47. The Morgan fingerprint density at radius 2 is 1.57 bits per heavy atom. The van der Waals surface area contributed by atoms with Gasteiger partial charge in [0.05, 0.1) is 11.6 Å². The standard InChI is InChI=1S/C22H15BrN2O3/c23-16-8-6-15(7-9-16)20(26)18-19(14-10-12-24-13-11-14)25(22(28)21(18)27)17-4-2-1-3-5-17/h1-13,19,26H/b20-18-. The zero-order chi connectivity index (χ0) is 19.7. The summed E-state index contributed by atoms with van der Waals surface area (Å²) in [5.74, 6) is -1.59. The lowest BCUT2D eigenvalue weighted by atomic mass is 9.96. The Balaban J connectivity index is 1.94. The molecule has 1 aromatic heterocycles. The number of benzene rings is 2. The number of para-hydroxylation sites is 1. The van der Waals surface area contributed by atoms with E-state index >= 15 is 0 Å². The number of carbonyl (C=O) groups excluding carboxylic acids is 2. The molecule has 0 aliphatic carbocycles. The lowest BCUT2D eigenvalue weighted by Crippen LogP contribution is -2.29. The van der Waals surface area contributed by atoms with Crippen molar-refractivity contribution in [3.8, 4) is 0 Å². The fourth-order valence-corrected chi connectivity index (χ4v) is 3.58. The number of aromatic nitrogens is 1. The van der Waals surface area contributed by atoms with E-state index in [9.17, 15) is 14.7 Å². The van der Waals surface area contributed by atoms with Crippen LogP contribution in [0.3, 0.4) is 0 Å². The quantitative estimate of drug-likeness (QED) is 0.375. The van der Waals surface area contributed by atoms with E-state index in [1.54, 1.807) is 73.1 Å². The van der Waals surface area contributed by atoms with Gasteiger partial charge in [-0.1, -0.05) is 46.3 Å². The van der Waals surface area contributed by atoms with Gasteiger partial charge in [0.15, 0.2) is 0 Å². The Kier molecular flexibility index (Phi) is 4.79. The third-order valence-electron chi connectivity index (χ3n) is 4.62. The number of ketones is 1. The van der Waals surface area contributed by atoms with Gasteiger partial charge in [0.1, 0.15) is 5.76 Å². The molecule has 3 aromatic rings. The molecule has 1 aliphatic heterocycles. The number of Topliss-reactive ketones (excluding diaryl/α,β-unsaturated/α-hetero) is 1. The van der Waals surface area contributed by atoms with Crippen molar-refractivity contribution in [3.63, 3.8) is 0 Å². The van der Waals surface area contributed by atoms with Crippen LogP contribution in [0.5, 0.6) is 0 Å². The van der Waals surface area contributed by atoms with Crippen molar-refractivity contribution >= 4 is 39.1 Å². The molecule has 1 atom stereocenters. The largest absolute Gasteiger partial charge is 0.507 e. The van der Waals surface area contributed by atoms with Crippen LogP contribution in [0.25, 0.3) is 5.76 Å². The predicted molar refractivity (Wildman–Crippen MR) is 110 cm³/mol. The minimum atomic E-state index is -0.742. The average Bonchev–Trinajstić information content (AvgIpc) is 3.00. The highest BCUT2D eigenvalue weighted by molar-refractivity contribution is 9.10. The highest BCUT2D eigenvalue weighted by Gasteiger charge is 2.46. The summed E-state index contributed by atoms with van der Waals surface area (Å²) in [6, 6.07) is 18.6. The van der Waals surface area contributed by atoms with Gasteiger partial charge in [0.25, 0.3) is 11.7 Å². The van der Waals surface area contributed by atoms with Crippen molar-refractivity contribution in [1.29, 1.82) is 0 Å². The van der Waals surface area contributed by atoms with Gasteiger partial charge >= 0.3 is 0 Å². The molecule has 2 heterocycles. The molecule has 1 amide bonds. The first-order valence-electron chi connectivity index (χ1n) is 8.60. The number of nitrogens with zero attached hydrogens (tertiary/aromatic N) is 2. The van der Waals surface area contributed by atoms with Crippen LogP contribution in [0.1, 0.15) is 17.2 Å². The average molecular weight is 435 g/mol. The van der Waals surface area contributed by atoms with E-state index in [0.29, 0.717) is 16.8 Å². The number of halogens is 1. The number of rotatable bonds is 3. The second-order valence-corrected chi connectivity index (χ2v) is 7.21. The summed E-state index contributed by atoms with van der Waals surface area (Å²) in [4.78, 5) is 31.3. The zero-order valence-corrected chi connectivity index (χ0v) is 16.2. The molecule has 2 aromatic carbocycles. The van der Waals surface area contributed by atoms with E-state index in [-0.39, 0.29) is 11.3 Å². The molecule has 1 saturated heterocycles. The maximum absolute atomic E-state index is 12.9. The molecule has 0 spiro atoms. The molecular formula is C22H15BrN2O3.